The molecule has 0 aliphatic carbocycles. The number of aromatic nitrogens is 2. The number of hydrogen-bond donors (Lipinski definition) is 0. The number of halogens is 1. The van der Waals surface area contributed by atoms with Crippen molar-refractivity contribution in [2.75, 3.05) is 12.9 Å². The van der Waals surface area contributed by atoms with E-state index in [1.807, 2.05) is 6.92 Å². The minimum Gasteiger partial charge on any atom is -0.493 e. The minimum absolute atomic E-state index is 0.381. The Balaban J connectivity index is 2.49. The van der Waals surface area contributed by atoms with Gasteiger partial charge in [-0.2, -0.15) is 0 Å². The molecule has 0 spiro atoms. The molecule has 2 aromatic rings. The smallest absolute Gasteiger partial charge is 0.237 e. The lowest BCUT2D eigenvalue weighted by Crippen LogP contribution is -2.10. The fourth-order valence-electron chi connectivity index (χ4n) is 1.67. The van der Waals surface area contributed by atoms with Crippen molar-refractivity contribution in [3.8, 4) is 17.1 Å². The summed E-state index contributed by atoms with van der Waals surface area (Å²) in [7, 11) is -3.36. The summed E-state index contributed by atoms with van der Waals surface area (Å²) in [6.07, 6.45) is 4.03. The minimum atomic E-state index is -3.36. The summed E-state index contributed by atoms with van der Waals surface area (Å²) in [6.45, 7) is 2.46. The van der Waals surface area contributed by atoms with E-state index in [-0.39, 0.29) is 0 Å². The molecular formula is C12H13BrN2O3S. The average molecular weight is 345 g/mol. The third-order valence-electron chi connectivity index (χ3n) is 2.45. The summed E-state index contributed by atoms with van der Waals surface area (Å²) in [5.74, 6) is 1.09. The predicted octanol–water partition coefficient (Wildman–Crippen LogP) is 2.52. The van der Waals surface area contributed by atoms with Gasteiger partial charge in [0.1, 0.15) is 5.75 Å². The molecule has 0 N–H and O–H groups in total. The van der Waals surface area contributed by atoms with Gasteiger partial charge in [-0.3, -0.25) is 0 Å². The van der Waals surface area contributed by atoms with Gasteiger partial charge in [0, 0.05) is 18.0 Å². The second-order valence-corrected chi connectivity index (χ2v) is 6.60. The van der Waals surface area contributed by atoms with Gasteiger partial charge in [0.05, 0.1) is 17.3 Å². The zero-order valence-electron chi connectivity index (χ0n) is 10.5. The van der Waals surface area contributed by atoms with Crippen LogP contribution in [0.5, 0.6) is 5.75 Å². The molecule has 0 saturated carbocycles. The first kappa shape index (κ1) is 14.1. The van der Waals surface area contributed by atoms with E-state index in [4.69, 9.17) is 4.74 Å². The van der Waals surface area contributed by atoms with Crippen LogP contribution in [0.15, 0.2) is 35.1 Å². The predicted molar refractivity (Wildman–Crippen MR) is 76.8 cm³/mol. The highest BCUT2D eigenvalue weighted by Gasteiger charge is 2.14. The van der Waals surface area contributed by atoms with Crippen molar-refractivity contribution in [3.05, 3.63) is 35.1 Å². The van der Waals surface area contributed by atoms with E-state index in [1.54, 1.807) is 18.2 Å². The first-order valence-electron chi connectivity index (χ1n) is 5.60. The Bertz CT molecular complexity index is 695. The highest BCUT2D eigenvalue weighted by Crippen LogP contribution is 2.30. The molecule has 1 heterocycles. The number of hydrogen-bond acceptors (Lipinski definition) is 4. The zero-order valence-corrected chi connectivity index (χ0v) is 12.9. The summed E-state index contributed by atoms with van der Waals surface area (Å²) in [6, 6.07) is 5.35. The molecule has 5 nitrogen and oxygen atoms in total. The topological polar surface area (TPSA) is 61.2 Å². The Kier molecular flexibility index (Phi) is 3.96. The molecule has 0 radical (unpaired) electrons. The maximum absolute atomic E-state index is 11.6. The van der Waals surface area contributed by atoms with Crippen LogP contribution in [0.2, 0.25) is 0 Å². The molecule has 0 aliphatic rings. The highest BCUT2D eigenvalue weighted by molar-refractivity contribution is 9.10. The maximum Gasteiger partial charge on any atom is 0.237 e. The van der Waals surface area contributed by atoms with Crippen LogP contribution >= 0.6 is 15.9 Å². The standard InChI is InChI=1S/C12H13BrN2O3S/c1-3-18-11-5-4-9(8-10(11)13)12-14-6-7-15(12)19(2,16)17/h4-8H,3H2,1-2H3. The molecule has 0 bridgehead atoms. The summed E-state index contributed by atoms with van der Waals surface area (Å²) < 4.78 is 30.6. The largest absolute Gasteiger partial charge is 0.493 e. The van der Waals surface area contributed by atoms with Gasteiger partial charge in [-0.15, -0.1) is 0 Å². The van der Waals surface area contributed by atoms with Crippen LogP contribution in [0, 0.1) is 0 Å². The van der Waals surface area contributed by atoms with E-state index >= 15 is 0 Å². The molecule has 0 atom stereocenters. The molecule has 0 fully saturated rings. The van der Waals surface area contributed by atoms with Gasteiger partial charge in [-0.1, -0.05) is 0 Å². The van der Waals surface area contributed by atoms with Crippen LogP contribution in [0.1, 0.15) is 6.92 Å². The van der Waals surface area contributed by atoms with E-state index in [0.717, 1.165) is 14.7 Å². The first-order valence-corrected chi connectivity index (χ1v) is 8.24. The maximum atomic E-state index is 11.6. The molecule has 0 aliphatic heterocycles. The second kappa shape index (κ2) is 5.34. The molecule has 1 aromatic heterocycles. The Morgan fingerprint density at radius 1 is 1.42 bits per heavy atom. The fourth-order valence-corrected chi connectivity index (χ4v) is 2.91. The van der Waals surface area contributed by atoms with Crippen molar-refractivity contribution in [3.63, 3.8) is 0 Å². The van der Waals surface area contributed by atoms with E-state index < -0.39 is 10.0 Å². The van der Waals surface area contributed by atoms with Gasteiger partial charge in [-0.25, -0.2) is 17.4 Å². The van der Waals surface area contributed by atoms with Gasteiger partial charge in [-0.05, 0) is 41.1 Å². The zero-order chi connectivity index (χ0) is 14.0. The van der Waals surface area contributed by atoms with Crippen LogP contribution < -0.4 is 4.74 Å². The SMILES string of the molecule is CCOc1ccc(-c2nccn2S(C)(=O)=O)cc1Br. The van der Waals surface area contributed by atoms with Crippen molar-refractivity contribution >= 4 is 26.0 Å². The molecule has 7 heteroatoms. The lowest BCUT2D eigenvalue weighted by atomic mass is 10.2. The average Bonchev–Trinajstić information content (AvgIpc) is 2.80. The van der Waals surface area contributed by atoms with Crippen molar-refractivity contribution < 1.29 is 13.2 Å². The highest BCUT2D eigenvalue weighted by atomic mass is 79.9. The Hall–Kier alpha value is -1.34. The Morgan fingerprint density at radius 2 is 2.16 bits per heavy atom. The fraction of sp³-hybridized carbons (Fsp3) is 0.250. The lowest BCUT2D eigenvalue weighted by Gasteiger charge is -2.09. The Labute approximate surface area is 120 Å². The Morgan fingerprint density at radius 3 is 2.74 bits per heavy atom. The van der Waals surface area contributed by atoms with Gasteiger partial charge in [0.2, 0.25) is 10.0 Å². The summed E-state index contributed by atoms with van der Waals surface area (Å²) >= 11 is 3.40. The molecule has 1 aromatic carbocycles. The van der Waals surface area contributed by atoms with Crippen molar-refractivity contribution in [2.24, 2.45) is 0 Å². The number of nitrogens with zero attached hydrogens (tertiary/aromatic N) is 2. The van der Waals surface area contributed by atoms with Crippen LogP contribution in [-0.2, 0) is 10.0 Å². The molecule has 19 heavy (non-hydrogen) atoms. The second-order valence-electron chi connectivity index (χ2n) is 3.89. The molecular weight excluding hydrogens is 332 g/mol. The summed E-state index contributed by atoms with van der Waals surface area (Å²) in [4.78, 5) is 4.09. The molecule has 0 saturated heterocycles. The van der Waals surface area contributed by atoms with Crippen LogP contribution in [-0.4, -0.2) is 30.2 Å². The lowest BCUT2D eigenvalue weighted by molar-refractivity contribution is 0.338. The number of ether oxygens (including phenoxy) is 1. The van der Waals surface area contributed by atoms with Crippen LogP contribution in [0.3, 0.4) is 0 Å². The van der Waals surface area contributed by atoms with Crippen LogP contribution in [0.4, 0.5) is 0 Å². The molecule has 2 rings (SSSR count). The van der Waals surface area contributed by atoms with Gasteiger partial charge < -0.3 is 4.74 Å². The van der Waals surface area contributed by atoms with Gasteiger partial charge in [0.15, 0.2) is 5.82 Å². The quantitative estimate of drug-likeness (QED) is 0.854. The number of benzene rings is 1. The van der Waals surface area contributed by atoms with E-state index in [1.165, 1.54) is 12.4 Å². The normalized spacial score (nSPS) is 11.5. The van der Waals surface area contributed by atoms with E-state index in [0.29, 0.717) is 23.7 Å². The van der Waals surface area contributed by atoms with Crippen LogP contribution in [0.25, 0.3) is 11.4 Å². The summed E-state index contributed by atoms with van der Waals surface area (Å²) in [5.41, 5.74) is 0.700. The third kappa shape index (κ3) is 2.98. The first-order chi connectivity index (χ1) is 8.93. The monoisotopic (exact) mass is 344 g/mol. The molecule has 0 amide bonds. The molecule has 102 valence electrons. The van der Waals surface area contributed by atoms with Gasteiger partial charge >= 0.3 is 0 Å². The van der Waals surface area contributed by atoms with E-state index in [9.17, 15) is 8.42 Å². The summed E-state index contributed by atoms with van der Waals surface area (Å²) in [5, 5.41) is 0. The van der Waals surface area contributed by atoms with Crippen molar-refractivity contribution in [1.29, 1.82) is 0 Å². The van der Waals surface area contributed by atoms with Gasteiger partial charge in [0.25, 0.3) is 0 Å². The van der Waals surface area contributed by atoms with Crippen molar-refractivity contribution in [2.45, 2.75) is 6.92 Å². The third-order valence-corrected chi connectivity index (χ3v) is 4.08. The molecule has 0 unspecified atom stereocenters. The van der Waals surface area contributed by atoms with Crippen molar-refractivity contribution in [1.82, 2.24) is 8.96 Å². The number of rotatable bonds is 4. The number of imidazole rings is 1. The van der Waals surface area contributed by atoms with E-state index in [2.05, 4.69) is 20.9 Å².